The highest BCUT2D eigenvalue weighted by atomic mass is 35.5. The average molecular weight is 257 g/mol. The van der Waals surface area contributed by atoms with Crippen LogP contribution in [-0.2, 0) is 4.74 Å². The van der Waals surface area contributed by atoms with Gasteiger partial charge in [0.1, 0.15) is 0 Å². The maximum Gasteiger partial charge on any atom is 0.0659 e. The lowest BCUT2D eigenvalue weighted by molar-refractivity contribution is -0.116. The largest absolute Gasteiger partial charge is 0.378 e. The topological polar surface area (TPSA) is 9.23 Å². The van der Waals surface area contributed by atoms with Gasteiger partial charge in [-0.05, 0) is 31.6 Å². The minimum atomic E-state index is 0.363. The summed E-state index contributed by atoms with van der Waals surface area (Å²) >= 11 is 6.53. The average Bonchev–Trinajstić information content (AvgIpc) is 3.14. The maximum atomic E-state index is 6.53. The van der Waals surface area contributed by atoms with Crippen molar-refractivity contribution in [1.29, 1.82) is 0 Å². The van der Waals surface area contributed by atoms with Gasteiger partial charge in [-0.1, -0.05) is 38.5 Å². The second-order valence-electron chi connectivity index (χ2n) is 6.44. The Morgan fingerprint density at radius 3 is 2.35 bits per heavy atom. The van der Waals surface area contributed by atoms with Crippen molar-refractivity contribution in [2.24, 2.45) is 11.3 Å². The zero-order chi connectivity index (χ0) is 11.7. The highest BCUT2D eigenvalue weighted by molar-refractivity contribution is 6.21. The fraction of sp³-hybridized carbons (Fsp3) is 1.00. The van der Waals surface area contributed by atoms with Crippen LogP contribution in [0.2, 0.25) is 0 Å². The molecule has 0 radical (unpaired) electrons. The van der Waals surface area contributed by atoms with E-state index >= 15 is 0 Å². The standard InChI is InChI=1S/C15H25ClO/c16-13-11-14(17-10-7-12-5-6-12)15(13)8-3-1-2-4-9-15/h12-14H,1-11H2. The van der Waals surface area contributed by atoms with Crippen molar-refractivity contribution >= 4 is 11.6 Å². The van der Waals surface area contributed by atoms with E-state index in [0.29, 0.717) is 16.9 Å². The van der Waals surface area contributed by atoms with Crippen molar-refractivity contribution in [3.8, 4) is 0 Å². The summed E-state index contributed by atoms with van der Waals surface area (Å²) in [5.41, 5.74) is 0.363. The Morgan fingerprint density at radius 2 is 1.76 bits per heavy atom. The van der Waals surface area contributed by atoms with E-state index in [4.69, 9.17) is 16.3 Å². The molecule has 0 aromatic carbocycles. The van der Waals surface area contributed by atoms with Crippen LogP contribution in [0.4, 0.5) is 0 Å². The molecular weight excluding hydrogens is 232 g/mol. The molecule has 98 valence electrons. The first-order valence-electron chi connectivity index (χ1n) is 7.57. The first kappa shape index (κ1) is 12.3. The van der Waals surface area contributed by atoms with Crippen molar-refractivity contribution in [2.75, 3.05) is 6.61 Å². The quantitative estimate of drug-likeness (QED) is 0.672. The summed E-state index contributed by atoms with van der Waals surface area (Å²) < 4.78 is 6.16. The Bertz CT molecular complexity index is 254. The first-order chi connectivity index (χ1) is 8.31. The molecule has 0 aromatic rings. The molecule has 0 aliphatic heterocycles. The second-order valence-corrected chi connectivity index (χ2v) is 6.97. The molecule has 17 heavy (non-hydrogen) atoms. The van der Waals surface area contributed by atoms with Crippen molar-refractivity contribution in [3.63, 3.8) is 0 Å². The molecule has 2 unspecified atom stereocenters. The van der Waals surface area contributed by atoms with Gasteiger partial charge in [-0.15, -0.1) is 11.6 Å². The Morgan fingerprint density at radius 1 is 1.06 bits per heavy atom. The van der Waals surface area contributed by atoms with E-state index in [9.17, 15) is 0 Å². The molecular formula is C15H25ClO. The van der Waals surface area contributed by atoms with E-state index in [1.807, 2.05) is 0 Å². The van der Waals surface area contributed by atoms with Crippen molar-refractivity contribution in [1.82, 2.24) is 0 Å². The summed E-state index contributed by atoms with van der Waals surface area (Å²) in [6.45, 7) is 0.987. The van der Waals surface area contributed by atoms with Crippen molar-refractivity contribution < 1.29 is 4.74 Å². The number of alkyl halides is 1. The molecule has 2 heteroatoms. The predicted octanol–water partition coefficient (Wildman–Crippen LogP) is 4.52. The second kappa shape index (κ2) is 5.09. The zero-order valence-electron chi connectivity index (χ0n) is 10.8. The molecule has 0 bridgehead atoms. The van der Waals surface area contributed by atoms with Gasteiger partial charge >= 0.3 is 0 Å². The van der Waals surface area contributed by atoms with Gasteiger partial charge in [-0.2, -0.15) is 0 Å². The van der Waals surface area contributed by atoms with E-state index in [1.165, 1.54) is 57.8 Å². The number of hydrogen-bond acceptors (Lipinski definition) is 1. The van der Waals surface area contributed by atoms with E-state index in [2.05, 4.69) is 0 Å². The summed E-state index contributed by atoms with van der Waals surface area (Å²) in [5, 5.41) is 0.395. The molecule has 3 aliphatic rings. The fourth-order valence-corrected chi connectivity index (χ4v) is 4.26. The van der Waals surface area contributed by atoms with E-state index in [0.717, 1.165) is 18.9 Å². The van der Waals surface area contributed by atoms with E-state index < -0.39 is 0 Å². The highest BCUT2D eigenvalue weighted by Gasteiger charge is 2.54. The molecule has 0 amide bonds. The van der Waals surface area contributed by atoms with Gasteiger partial charge in [0.15, 0.2) is 0 Å². The smallest absolute Gasteiger partial charge is 0.0659 e. The lowest BCUT2D eigenvalue weighted by Crippen LogP contribution is -2.55. The molecule has 3 fully saturated rings. The monoisotopic (exact) mass is 256 g/mol. The summed E-state index contributed by atoms with van der Waals surface area (Å²) in [5.74, 6) is 0.993. The Balaban J connectivity index is 1.52. The minimum Gasteiger partial charge on any atom is -0.378 e. The molecule has 0 aromatic heterocycles. The SMILES string of the molecule is ClC1CC(OCCC2CC2)C12CCCCCC2. The number of halogens is 1. The fourth-order valence-electron chi connectivity index (χ4n) is 3.74. The summed E-state index contributed by atoms with van der Waals surface area (Å²) in [6.07, 6.45) is 13.9. The van der Waals surface area contributed by atoms with Crippen LogP contribution in [0.5, 0.6) is 0 Å². The van der Waals surface area contributed by atoms with E-state index in [-0.39, 0.29) is 0 Å². The van der Waals surface area contributed by atoms with Crippen LogP contribution in [-0.4, -0.2) is 18.1 Å². The van der Waals surface area contributed by atoms with Crippen molar-refractivity contribution in [3.05, 3.63) is 0 Å². The van der Waals surface area contributed by atoms with Crippen LogP contribution in [0.25, 0.3) is 0 Å². The number of ether oxygens (including phenoxy) is 1. The third-order valence-electron chi connectivity index (χ3n) is 5.26. The lowest BCUT2D eigenvalue weighted by Gasteiger charge is -2.53. The van der Waals surface area contributed by atoms with Crippen LogP contribution >= 0.6 is 11.6 Å². The molecule has 1 spiro atoms. The molecule has 1 nitrogen and oxygen atoms in total. The third kappa shape index (κ3) is 2.51. The van der Waals surface area contributed by atoms with Gasteiger partial charge in [0, 0.05) is 17.4 Å². The highest BCUT2D eigenvalue weighted by Crippen LogP contribution is 2.55. The molecule has 3 saturated carbocycles. The molecule has 3 aliphatic carbocycles. The van der Waals surface area contributed by atoms with Crippen LogP contribution in [0.1, 0.15) is 64.2 Å². The van der Waals surface area contributed by atoms with Crippen molar-refractivity contribution in [2.45, 2.75) is 75.7 Å². The zero-order valence-corrected chi connectivity index (χ0v) is 11.6. The molecule has 2 atom stereocenters. The van der Waals surface area contributed by atoms with Gasteiger partial charge in [0.25, 0.3) is 0 Å². The van der Waals surface area contributed by atoms with Crippen LogP contribution < -0.4 is 0 Å². The van der Waals surface area contributed by atoms with Crippen LogP contribution in [0.15, 0.2) is 0 Å². The van der Waals surface area contributed by atoms with Gasteiger partial charge in [0.05, 0.1) is 6.10 Å². The Hall–Kier alpha value is 0.250. The van der Waals surface area contributed by atoms with Gasteiger partial charge < -0.3 is 4.74 Å². The third-order valence-corrected chi connectivity index (χ3v) is 5.88. The lowest BCUT2D eigenvalue weighted by atomic mass is 9.61. The molecule has 0 heterocycles. The van der Waals surface area contributed by atoms with Gasteiger partial charge in [0.2, 0.25) is 0 Å². The predicted molar refractivity (Wildman–Crippen MR) is 71.5 cm³/mol. The normalized spacial score (nSPS) is 36.5. The number of rotatable bonds is 4. The number of hydrogen-bond donors (Lipinski definition) is 0. The Labute approximate surface area is 110 Å². The maximum absolute atomic E-state index is 6.53. The first-order valence-corrected chi connectivity index (χ1v) is 8.00. The summed E-state index contributed by atoms with van der Waals surface area (Å²) in [7, 11) is 0. The van der Waals surface area contributed by atoms with Gasteiger partial charge in [-0.3, -0.25) is 0 Å². The summed E-state index contributed by atoms with van der Waals surface area (Å²) in [4.78, 5) is 0. The van der Waals surface area contributed by atoms with Gasteiger partial charge in [-0.25, -0.2) is 0 Å². The van der Waals surface area contributed by atoms with Crippen LogP contribution in [0, 0.1) is 11.3 Å². The van der Waals surface area contributed by atoms with E-state index in [1.54, 1.807) is 0 Å². The minimum absolute atomic E-state index is 0.363. The summed E-state index contributed by atoms with van der Waals surface area (Å²) in [6, 6.07) is 0. The Kier molecular flexibility index (Phi) is 3.68. The van der Waals surface area contributed by atoms with Crippen LogP contribution in [0.3, 0.4) is 0 Å². The molecule has 3 rings (SSSR count). The molecule has 0 saturated heterocycles. The molecule has 0 N–H and O–H groups in total.